The lowest BCUT2D eigenvalue weighted by molar-refractivity contribution is -0.127. The molecule has 1 fully saturated rings. The standard InChI is InChI=1S/C19H27ClN4O.HI/c1-14(2)11-21-18(22-12-17(25)24(3)4)23-13-19(8-9-19)15-6-5-7-16(20)10-15;/h5-7,10H,1,8-9,11-13H2,2-4H3,(H2,21,22,23);1H. The quantitative estimate of drug-likeness (QED) is 0.267. The Bertz CT molecular complexity index is 671. The first-order chi connectivity index (χ1) is 11.8. The minimum Gasteiger partial charge on any atom is -0.355 e. The van der Waals surface area contributed by atoms with Crippen LogP contribution in [0.25, 0.3) is 0 Å². The number of hydrogen-bond acceptors (Lipinski definition) is 2. The van der Waals surface area contributed by atoms with Crippen LogP contribution >= 0.6 is 35.6 Å². The smallest absolute Gasteiger partial charge is 0.243 e. The van der Waals surface area contributed by atoms with Crippen LogP contribution in [0.3, 0.4) is 0 Å². The molecule has 1 aliphatic carbocycles. The summed E-state index contributed by atoms with van der Waals surface area (Å²) in [5.41, 5.74) is 2.35. The normalized spacial score (nSPS) is 14.8. The molecule has 0 aromatic heterocycles. The summed E-state index contributed by atoms with van der Waals surface area (Å²) in [4.78, 5) is 17.7. The van der Waals surface area contributed by atoms with E-state index < -0.39 is 0 Å². The van der Waals surface area contributed by atoms with Gasteiger partial charge >= 0.3 is 0 Å². The molecule has 2 rings (SSSR count). The Balaban J connectivity index is 0.00000338. The second-order valence-corrected chi connectivity index (χ2v) is 7.34. The van der Waals surface area contributed by atoms with Gasteiger partial charge < -0.3 is 15.5 Å². The maximum absolute atomic E-state index is 11.8. The molecular weight excluding hydrogens is 463 g/mol. The van der Waals surface area contributed by atoms with Crippen LogP contribution in [-0.4, -0.2) is 50.5 Å². The van der Waals surface area contributed by atoms with E-state index in [1.807, 2.05) is 25.1 Å². The second-order valence-electron chi connectivity index (χ2n) is 6.91. The van der Waals surface area contributed by atoms with Gasteiger partial charge in [-0.15, -0.1) is 24.0 Å². The molecule has 7 heteroatoms. The Kier molecular flexibility index (Phi) is 8.89. The highest BCUT2D eigenvalue weighted by Gasteiger charge is 2.44. The monoisotopic (exact) mass is 490 g/mol. The molecule has 0 atom stereocenters. The molecule has 0 heterocycles. The average molecular weight is 491 g/mol. The Morgan fingerprint density at radius 3 is 2.58 bits per heavy atom. The fraction of sp³-hybridized carbons (Fsp3) is 0.474. The molecule has 0 bridgehead atoms. The number of halogens is 2. The Labute approximate surface area is 178 Å². The zero-order valence-corrected chi connectivity index (χ0v) is 18.7. The third-order valence-corrected chi connectivity index (χ3v) is 4.55. The lowest BCUT2D eigenvalue weighted by Crippen LogP contribution is -2.42. The largest absolute Gasteiger partial charge is 0.355 e. The molecule has 1 saturated carbocycles. The SMILES string of the molecule is C=C(C)CNC(=NCC(=O)N(C)C)NCC1(c2cccc(Cl)c2)CC1.I. The number of carbonyl (C=O) groups is 1. The van der Waals surface area contributed by atoms with E-state index in [1.165, 1.54) is 10.5 Å². The van der Waals surface area contributed by atoms with Crippen molar-refractivity contribution in [3.05, 3.63) is 47.0 Å². The molecule has 0 unspecified atom stereocenters. The van der Waals surface area contributed by atoms with E-state index in [9.17, 15) is 4.79 Å². The van der Waals surface area contributed by atoms with Crippen LogP contribution < -0.4 is 10.6 Å². The maximum atomic E-state index is 11.8. The highest BCUT2D eigenvalue weighted by Crippen LogP contribution is 2.48. The summed E-state index contributed by atoms with van der Waals surface area (Å²) in [6.45, 7) is 7.33. The summed E-state index contributed by atoms with van der Waals surface area (Å²) < 4.78 is 0. The van der Waals surface area contributed by atoms with E-state index in [4.69, 9.17) is 11.6 Å². The highest BCUT2D eigenvalue weighted by atomic mass is 127. The van der Waals surface area contributed by atoms with Crippen LogP contribution in [0.4, 0.5) is 0 Å². The first kappa shape index (κ1) is 22.8. The van der Waals surface area contributed by atoms with E-state index in [2.05, 4.69) is 28.3 Å². The van der Waals surface area contributed by atoms with Crippen LogP contribution in [-0.2, 0) is 10.2 Å². The van der Waals surface area contributed by atoms with Crippen molar-refractivity contribution in [2.45, 2.75) is 25.2 Å². The first-order valence-corrected chi connectivity index (χ1v) is 8.83. The fourth-order valence-corrected chi connectivity index (χ4v) is 2.68. The lowest BCUT2D eigenvalue weighted by Gasteiger charge is -2.20. The summed E-state index contributed by atoms with van der Waals surface area (Å²) in [7, 11) is 3.45. The zero-order chi connectivity index (χ0) is 18.4. The molecule has 0 saturated heterocycles. The second kappa shape index (κ2) is 10.2. The number of amides is 1. The fourth-order valence-electron chi connectivity index (χ4n) is 2.49. The third kappa shape index (κ3) is 6.79. The average Bonchev–Trinajstić information content (AvgIpc) is 3.34. The number of nitrogens with one attached hydrogen (secondary N) is 2. The van der Waals surface area contributed by atoms with E-state index in [0.29, 0.717) is 12.5 Å². The predicted octanol–water partition coefficient (Wildman–Crippen LogP) is 3.19. The van der Waals surface area contributed by atoms with Crippen molar-refractivity contribution in [2.75, 3.05) is 33.7 Å². The number of carbonyl (C=O) groups excluding carboxylic acids is 1. The maximum Gasteiger partial charge on any atom is 0.243 e. The van der Waals surface area contributed by atoms with Crippen molar-refractivity contribution in [2.24, 2.45) is 4.99 Å². The molecule has 0 radical (unpaired) electrons. The van der Waals surface area contributed by atoms with Gasteiger partial charge in [-0.1, -0.05) is 35.9 Å². The van der Waals surface area contributed by atoms with Crippen molar-refractivity contribution in [1.82, 2.24) is 15.5 Å². The van der Waals surface area contributed by atoms with Gasteiger partial charge in [-0.05, 0) is 37.5 Å². The van der Waals surface area contributed by atoms with Crippen LogP contribution in [0.15, 0.2) is 41.4 Å². The van der Waals surface area contributed by atoms with E-state index in [0.717, 1.165) is 30.0 Å². The van der Waals surface area contributed by atoms with Gasteiger partial charge in [0.2, 0.25) is 5.91 Å². The van der Waals surface area contributed by atoms with Gasteiger partial charge in [0.1, 0.15) is 6.54 Å². The number of likely N-dealkylation sites (N-methyl/N-ethyl adjacent to an activating group) is 1. The molecule has 0 aliphatic heterocycles. The number of guanidine groups is 1. The Morgan fingerprint density at radius 2 is 2.04 bits per heavy atom. The van der Waals surface area contributed by atoms with Gasteiger partial charge in [0.25, 0.3) is 0 Å². The van der Waals surface area contributed by atoms with Crippen molar-refractivity contribution in [3.63, 3.8) is 0 Å². The van der Waals surface area contributed by atoms with Gasteiger partial charge in [0.15, 0.2) is 5.96 Å². The molecule has 0 spiro atoms. The summed E-state index contributed by atoms with van der Waals surface area (Å²) >= 11 is 6.13. The number of rotatable bonds is 7. The third-order valence-electron chi connectivity index (χ3n) is 4.31. The van der Waals surface area contributed by atoms with Gasteiger partial charge in [-0.25, -0.2) is 4.99 Å². The zero-order valence-electron chi connectivity index (χ0n) is 15.6. The van der Waals surface area contributed by atoms with E-state index in [1.54, 1.807) is 14.1 Å². The molecule has 1 aromatic rings. The van der Waals surface area contributed by atoms with Gasteiger partial charge in [-0.2, -0.15) is 0 Å². The van der Waals surface area contributed by atoms with E-state index in [-0.39, 0.29) is 41.8 Å². The topological polar surface area (TPSA) is 56.7 Å². The molecule has 2 N–H and O–H groups in total. The molecule has 1 aromatic carbocycles. The van der Waals surface area contributed by atoms with Crippen LogP contribution in [0, 0.1) is 0 Å². The van der Waals surface area contributed by atoms with Crippen LogP contribution in [0.5, 0.6) is 0 Å². The Morgan fingerprint density at radius 1 is 1.35 bits per heavy atom. The summed E-state index contributed by atoms with van der Waals surface area (Å²) in [6, 6.07) is 8.03. The summed E-state index contributed by atoms with van der Waals surface area (Å²) in [5.74, 6) is 0.596. The molecular formula is C19H28ClIN4O. The van der Waals surface area contributed by atoms with Gasteiger partial charge in [0, 0.05) is 37.6 Å². The summed E-state index contributed by atoms with van der Waals surface area (Å²) in [5, 5.41) is 7.35. The first-order valence-electron chi connectivity index (χ1n) is 8.45. The minimum atomic E-state index is -0.0348. The predicted molar refractivity (Wildman–Crippen MR) is 120 cm³/mol. The molecule has 144 valence electrons. The number of hydrogen-bond donors (Lipinski definition) is 2. The van der Waals surface area contributed by atoms with Crippen molar-refractivity contribution < 1.29 is 4.79 Å². The summed E-state index contributed by atoms with van der Waals surface area (Å²) in [6.07, 6.45) is 2.23. The van der Waals surface area contributed by atoms with Crippen molar-refractivity contribution >= 4 is 47.4 Å². The van der Waals surface area contributed by atoms with Crippen LogP contribution in [0.2, 0.25) is 5.02 Å². The van der Waals surface area contributed by atoms with Crippen molar-refractivity contribution in [3.8, 4) is 0 Å². The molecule has 1 aliphatic rings. The van der Waals surface area contributed by atoms with Gasteiger partial charge in [0.05, 0.1) is 0 Å². The molecule has 1 amide bonds. The molecule has 26 heavy (non-hydrogen) atoms. The molecule has 5 nitrogen and oxygen atoms in total. The minimum absolute atomic E-state index is 0. The van der Waals surface area contributed by atoms with Crippen molar-refractivity contribution in [1.29, 1.82) is 0 Å². The lowest BCUT2D eigenvalue weighted by atomic mass is 9.96. The number of aliphatic imine (C=N–C) groups is 1. The highest BCUT2D eigenvalue weighted by molar-refractivity contribution is 14.0. The number of nitrogens with zero attached hydrogens (tertiary/aromatic N) is 2. The Hall–Kier alpha value is -1.28. The van der Waals surface area contributed by atoms with Gasteiger partial charge in [-0.3, -0.25) is 4.79 Å². The number of benzene rings is 1. The van der Waals surface area contributed by atoms with E-state index >= 15 is 0 Å². The van der Waals surface area contributed by atoms with Crippen LogP contribution in [0.1, 0.15) is 25.3 Å².